The van der Waals surface area contributed by atoms with Crippen molar-refractivity contribution in [3.05, 3.63) is 67.7 Å². The van der Waals surface area contributed by atoms with Crippen LogP contribution < -0.4 is 5.32 Å². The molecule has 0 bridgehead atoms. The molecule has 0 saturated carbocycles. The molecule has 0 aliphatic carbocycles. The highest BCUT2D eigenvalue weighted by molar-refractivity contribution is 6.35. The van der Waals surface area contributed by atoms with Crippen molar-refractivity contribution in [3.8, 4) is 0 Å². The number of hydrogen-bond acceptors (Lipinski definition) is 5. The van der Waals surface area contributed by atoms with E-state index in [0.717, 1.165) is 0 Å². The van der Waals surface area contributed by atoms with E-state index in [9.17, 15) is 19.7 Å². The summed E-state index contributed by atoms with van der Waals surface area (Å²) < 4.78 is 5.08. The van der Waals surface area contributed by atoms with Crippen LogP contribution in [0.25, 0.3) is 0 Å². The number of anilines is 1. The number of nitro groups is 1. The van der Waals surface area contributed by atoms with E-state index < -0.39 is 22.9 Å². The summed E-state index contributed by atoms with van der Waals surface area (Å²) in [6.45, 7) is 2.88. The number of carbonyl (C=O) groups is 2. The Morgan fingerprint density at radius 3 is 2.58 bits per heavy atom. The highest BCUT2D eigenvalue weighted by Gasteiger charge is 2.27. The number of nitrogens with zero attached hydrogens (tertiary/aromatic N) is 1. The zero-order valence-corrected chi connectivity index (χ0v) is 15.3. The molecular weight excluding hydrogens is 383 g/mol. The second-order valence-electron chi connectivity index (χ2n) is 5.39. The molecule has 9 heteroatoms. The second kappa shape index (κ2) is 8.16. The normalized spacial score (nSPS) is 11.5. The van der Waals surface area contributed by atoms with Crippen LogP contribution in [0.5, 0.6) is 0 Å². The number of nitrogens with one attached hydrogen (secondary N) is 1. The number of benzene rings is 2. The highest BCUT2D eigenvalue weighted by atomic mass is 35.5. The number of rotatable bonds is 5. The van der Waals surface area contributed by atoms with Crippen molar-refractivity contribution in [3.63, 3.8) is 0 Å². The largest absolute Gasteiger partial charge is 0.449 e. The van der Waals surface area contributed by atoms with Gasteiger partial charge >= 0.3 is 5.97 Å². The number of carbonyl (C=O) groups excluding carboxylic acids is 2. The third kappa shape index (κ3) is 4.50. The van der Waals surface area contributed by atoms with Crippen molar-refractivity contribution >= 4 is 46.5 Å². The van der Waals surface area contributed by atoms with E-state index in [1.807, 2.05) is 0 Å². The van der Waals surface area contributed by atoms with Crippen LogP contribution >= 0.6 is 23.2 Å². The minimum absolute atomic E-state index is 0.196. The molecule has 0 heterocycles. The maximum absolute atomic E-state index is 12.3. The zero-order chi connectivity index (χ0) is 19.4. The molecule has 0 aliphatic heterocycles. The van der Waals surface area contributed by atoms with Gasteiger partial charge in [-0.1, -0.05) is 35.3 Å². The average Bonchev–Trinajstić information content (AvgIpc) is 2.57. The van der Waals surface area contributed by atoms with E-state index in [-0.39, 0.29) is 22.0 Å². The molecule has 0 spiro atoms. The Labute approximate surface area is 159 Å². The monoisotopic (exact) mass is 396 g/mol. The maximum Gasteiger partial charge on any atom is 0.346 e. The third-order valence-corrected chi connectivity index (χ3v) is 4.06. The van der Waals surface area contributed by atoms with Crippen LogP contribution in [0, 0.1) is 17.0 Å². The molecule has 136 valence electrons. The number of esters is 1. The van der Waals surface area contributed by atoms with Crippen LogP contribution in [-0.4, -0.2) is 22.9 Å². The van der Waals surface area contributed by atoms with Crippen LogP contribution in [0.4, 0.5) is 11.4 Å². The van der Waals surface area contributed by atoms with Crippen molar-refractivity contribution in [1.82, 2.24) is 0 Å². The average molecular weight is 397 g/mol. The number of nitro benzene ring substituents is 1. The first kappa shape index (κ1) is 19.7. The predicted octanol–water partition coefficient (Wildman–Crippen LogP) is 4.39. The Morgan fingerprint density at radius 1 is 1.23 bits per heavy atom. The van der Waals surface area contributed by atoms with Crippen LogP contribution in [0.15, 0.2) is 36.4 Å². The minimum Gasteiger partial charge on any atom is -0.449 e. The first-order valence-electron chi connectivity index (χ1n) is 7.41. The van der Waals surface area contributed by atoms with E-state index in [2.05, 4.69) is 5.32 Å². The molecule has 0 fully saturated rings. The lowest BCUT2D eigenvalue weighted by molar-refractivity contribution is -0.385. The summed E-state index contributed by atoms with van der Waals surface area (Å²) in [4.78, 5) is 35.0. The van der Waals surface area contributed by atoms with Gasteiger partial charge < -0.3 is 10.1 Å². The molecule has 26 heavy (non-hydrogen) atoms. The van der Waals surface area contributed by atoms with Gasteiger partial charge in [0.05, 0.1) is 15.6 Å². The fraction of sp³-hybridized carbons (Fsp3) is 0.176. The summed E-state index contributed by atoms with van der Waals surface area (Å²) in [5, 5.41) is 14.2. The Hall–Kier alpha value is -2.64. The van der Waals surface area contributed by atoms with Crippen molar-refractivity contribution in [2.24, 2.45) is 0 Å². The standard InChI is InChI=1S/C17H14Cl2N2O5/c1-9-4-3-5-14(21(24)25)15(9)17(23)26-10(2)16(22)20-13-8-11(18)6-7-12(13)19/h3-8,10H,1-2H3,(H,20,22). The van der Waals surface area contributed by atoms with Gasteiger partial charge in [0.25, 0.3) is 11.6 Å². The van der Waals surface area contributed by atoms with E-state index >= 15 is 0 Å². The Kier molecular flexibility index (Phi) is 6.18. The SMILES string of the molecule is Cc1cccc([N+](=O)[O-])c1C(=O)OC(C)C(=O)Nc1cc(Cl)ccc1Cl. The molecule has 0 saturated heterocycles. The Balaban J connectivity index is 2.16. The van der Waals surface area contributed by atoms with E-state index in [0.29, 0.717) is 10.6 Å². The fourth-order valence-electron chi connectivity index (χ4n) is 2.17. The number of ether oxygens (including phenoxy) is 1. The Bertz CT molecular complexity index is 885. The van der Waals surface area contributed by atoms with Gasteiger partial charge in [-0.25, -0.2) is 4.79 Å². The summed E-state index contributed by atoms with van der Waals surface area (Å²) in [5.74, 6) is -1.62. The van der Waals surface area contributed by atoms with Gasteiger partial charge in [0, 0.05) is 11.1 Å². The molecule has 0 aromatic heterocycles. The molecule has 1 N–H and O–H groups in total. The lowest BCUT2D eigenvalue weighted by Crippen LogP contribution is -2.30. The third-order valence-electron chi connectivity index (χ3n) is 3.49. The summed E-state index contributed by atoms with van der Waals surface area (Å²) in [7, 11) is 0. The second-order valence-corrected chi connectivity index (χ2v) is 6.23. The minimum atomic E-state index is -1.21. The molecule has 2 aromatic rings. The van der Waals surface area contributed by atoms with Crippen molar-refractivity contribution < 1.29 is 19.2 Å². The van der Waals surface area contributed by atoms with Crippen molar-refractivity contribution in [2.75, 3.05) is 5.32 Å². The summed E-state index contributed by atoms with van der Waals surface area (Å²) in [5.41, 5.74) is 0.0436. The van der Waals surface area contributed by atoms with Gasteiger partial charge in [0.15, 0.2) is 6.10 Å². The number of amides is 1. The number of aryl methyl sites for hydroxylation is 1. The summed E-state index contributed by atoms with van der Waals surface area (Å²) in [6.07, 6.45) is -1.21. The molecule has 2 aromatic carbocycles. The molecule has 1 unspecified atom stereocenters. The molecule has 0 radical (unpaired) electrons. The summed E-state index contributed by atoms with van der Waals surface area (Å²) in [6, 6.07) is 8.71. The fourth-order valence-corrected chi connectivity index (χ4v) is 2.51. The molecule has 1 amide bonds. The van der Waals surface area contributed by atoms with E-state index in [1.54, 1.807) is 19.1 Å². The van der Waals surface area contributed by atoms with E-state index in [4.69, 9.17) is 27.9 Å². The number of halogens is 2. The van der Waals surface area contributed by atoms with E-state index in [1.165, 1.54) is 31.2 Å². The van der Waals surface area contributed by atoms with Gasteiger partial charge in [-0.3, -0.25) is 14.9 Å². The van der Waals surface area contributed by atoms with Gasteiger partial charge in [0.2, 0.25) is 0 Å². The zero-order valence-electron chi connectivity index (χ0n) is 13.8. The quantitative estimate of drug-likeness (QED) is 0.458. The molecule has 1 atom stereocenters. The van der Waals surface area contributed by atoms with Crippen LogP contribution in [0.1, 0.15) is 22.8 Å². The lowest BCUT2D eigenvalue weighted by Gasteiger charge is -2.15. The predicted molar refractivity (Wildman–Crippen MR) is 97.8 cm³/mol. The van der Waals surface area contributed by atoms with Crippen molar-refractivity contribution in [2.45, 2.75) is 20.0 Å². The molecule has 2 rings (SSSR count). The van der Waals surface area contributed by atoms with Crippen molar-refractivity contribution in [1.29, 1.82) is 0 Å². The smallest absolute Gasteiger partial charge is 0.346 e. The molecule has 0 aliphatic rings. The maximum atomic E-state index is 12.3. The number of hydrogen-bond donors (Lipinski definition) is 1. The molecular formula is C17H14Cl2N2O5. The Morgan fingerprint density at radius 2 is 1.92 bits per heavy atom. The topological polar surface area (TPSA) is 98.5 Å². The van der Waals surface area contributed by atoms with Gasteiger partial charge in [0.1, 0.15) is 5.56 Å². The van der Waals surface area contributed by atoms with Gasteiger partial charge in [-0.2, -0.15) is 0 Å². The van der Waals surface area contributed by atoms with Gasteiger partial charge in [-0.15, -0.1) is 0 Å². The van der Waals surface area contributed by atoms with Crippen LogP contribution in [-0.2, 0) is 9.53 Å². The first-order chi connectivity index (χ1) is 12.2. The highest BCUT2D eigenvalue weighted by Crippen LogP contribution is 2.26. The first-order valence-corrected chi connectivity index (χ1v) is 8.17. The van der Waals surface area contributed by atoms with Crippen LogP contribution in [0.2, 0.25) is 10.0 Å². The van der Waals surface area contributed by atoms with Crippen LogP contribution in [0.3, 0.4) is 0 Å². The molecule has 7 nitrogen and oxygen atoms in total. The lowest BCUT2D eigenvalue weighted by atomic mass is 10.1. The van der Waals surface area contributed by atoms with Gasteiger partial charge in [-0.05, 0) is 37.6 Å². The summed E-state index contributed by atoms with van der Waals surface area (Å²) >= 11 is 11.8.